The van der Waals surface area contributed by atoms with Crippen LogP contribution in [-0.2, 0) is 11.3 Å². The first-order valence-electron chi connectivity index (χ1n) is 9.42. The Kier molecular flexibility index (Phi) is 7.73. The fraction of sp³-hybridized carbons (Fsp3) is 0.650. The summed E-state index contributed by atoms with van der Waals surface area (Å²) in [4.78, 5) is 15.0. The summed E-state index contributed by atoms with van der Waals surface area (Å²) >= 11 is 0. The van der Waals surface area contributed by atoms with E-state index in [1.54, 1.807) is 0 Å². The maximum atomic E-state index is 12.5. The molecule has 2 N–H and O–H groups in total. The van der Waals surface area contributed by atoms with Gasteiger partial charge in [-0.1, -0.05) is 24.3 Å². The van der Waals surface area contributed by atoms with E-state index in [0.29, 0.717) is 12.1 Å². The van der Waals surface area contributed by atoms with Gasteiger partial charge in [0.05, 0.1) is 0 Å². The Bertz CT molecular complexity index is 558. The average Bonchev–Trinajstić information content (AvgIpc) is 2.58. The zero-order valence-electron chi connectivity index (χ0n) is 15.5. The summed E-state index contributed by atoms with van der Waals surface area (Å²) in [6, 6.07) is 9.45. The lowest BCUT2D eigenvalue weighted by atomic mass is 9.91. The van der Waals surface area contributed by atoms with Crippen molar-refractivity contribution in [1.82, 2.24) is 15.5 Å². The molecule has 3 rings (SSSR count). The van der Waals surface area contributed by atoms with E-state index in [-0.39, 0.29) is 24.2 Å². The maximum Gasteiger partial charge on any atom is 0.223 e. The molecule has 2 saturated heterocycles. The van der Waals surface area contributed by atoms with E-state index >= 15 is 0 Å². The third-order valence-electron chi connectivity index (χ3n) is 5.58. The number of hydrogen-bond donors (Lipinski definition) is 2. The molecule has 2 atom stereocenters. The molecule has 0 spiro atoms. The van der Waals surface area contributed by atoms with Crippen molar-refractivity contribution in [2.45, 2.75) is 58.2 Å². The van der Waals surface area contributed by atoms with Crippen LogP contribution >= 0.6 is 12.4 Å². The monoisotopic (exact) mass is 365 g/mol. The van der Waals surface area contributed by atoms with E-state index in [4.69, 9.17) is 0 Å². The molecular weight excluding hydrogens is 334 g/mol. The second-order valence-corrected chi connectivity index (χ2v) is 7.56. The summed E-state index contributed by atoms with van der Waals surface area (Å²) in [7, 11) is 0. The third kappa shape index (κ3) is 5.70. The van der Waals surface area contributed by atoms with Crippen LogP contribution in [0.3, 0.4) is 0 Å². The van der Waals surface area contributed by atoms with Crippen molar-refractivity contribution in [3.05, 3.63) is 35.4 Å². The van der Waals surface area contributed by atoms with Crippen LogP contribution in [0.5, 0.6) is 0 Å². The van der Waals surface area contributed by atoms with Gasteiger partial charge in [-0.25, -0.2) is 0 Å². The average molecular weight is 366 g/mol. The van der Waals surface area contributed by atoms with Crippen molar-refractivity contribution in [2.24, 2.45) is 5.92 Å². The standard InChI is InChI=1S/C20H31N3O.ClH/c1-15-5-3-4-6-18(15)14-23-11-8-19(9-12-23)22-20(24)17-7-10-21-16(2)13-17;/h3-6,16-17,19,21H,7-14H2,1-2H3,(H,22,24);1H/t16-,17-;/m0./s1. The number of halogens is 1. The van der Waals surface area contributed by atoms with Crippen molar-refractivity contribution in [2.75, 3.05) is 19.6 Å². The van der Waals surface area contributed by atoms with Crippen molar-refractivity contribution >= 4 is 18.3 Å². The molecule has 2 heterocycles. The highest BCUT2D eigenvalue weighted by molar-refractivity contribution is 5.85. The zero-order valence-corrected chi connectivity index (χ0v) is 16.3. The van der Waals surface area contributed by atoms with Crippen LogP contribution < -0.4 is 10.6 Å². The van der Waals surface area contributed by atoms with Gasteiger partial charge in [-0.15, -0.1) is 12.4 Å². The topological polar surface area (TPSA) is 44.4 Å². The van der Waals surface area contributed by atoms with Gasteiger partial charge in [0, 0.05) is 37.6 Å². The SMILES string of the molecule is Cc1ccccc1CN1CCC(NC(=O)[C@H]2CCN[C@@H](C)C2)CC1.Cl. The van der Waals surface area contributed by atoms with Gasteiger partial charge in [0.15, 0.2) is 0 Å². The molecule has 0 aliphatic carbocycles. The molecule has 0 bridgehead atoms. The second-order valence-electron chi connectivity index (χ2n) is 7.56. The van der Waals surface area contributed by atoms with Crippen LogP contribution in [0.1, 0.15) is 43.7 Å². The number of carbonyl (C=O) groups excluding carboxylic acids is 1. The Hall–Kier alpha value is -1.10. The van der Waals surface area contributed by atoms with Crippen LogP contribution in [0.15, 0.2) is 24.3 Å². The predicted octanol–water partition coefficient (Wildman–Crippen LogP) is 2.89. The van der Waals surface area contributed by atoms with Crippen LogP contribution in [0.4, 0.5) is 0 Å². The molecule has 2 fully saturated rings. The summed E-state index contributed by atoms with van der Waals surface area (Å²) in [6.45, 7) is 8.49. The number of aryl methyl sites for hydroxylation is 1. The summed E-state index contributed by atoms with van der Waals surface area (Å²) in [5.41, 5.74) is 2.79. The molecule has 140 valence electrons. The summed E-state index contributed by atoms with van der Waals surface area (Å²) in [6.07, 6.45) is 4.08. The largest absolute Gasteiger partial charge is 0.353 e. The minimum Gasteiger partial charge on any atom is -0.353 e. The molecule has 0 unspecified atom stereocenters. The lowest BCUT2D eigenvalue weighted by molar-refractivity contribution is -0.127. The van der Waals surface area contributed by atoms with Gasteiger partial charge in [-0.2, -0.15) is 0 Å². The number of likely N-dealkylation sites (tertiary alicyclic amines) is 1. The molecule has 2 aliphatic heterocycles. The molecule has 25 heavy (non-hydrogen) atoms. The summed E-state index contributed by atoms with van der Waals surface area (Å²) < 4.78 is 0. The minimum atomic E-state index is 0. The smallest absolute Gasteiger partial charge is 0.223 e. The first kappa shape index (κ1) is 20.2. The lowest BCUT2D eigenvalue weighted by Gasteiger charge is -2.34. The predicted molar refractivity (Wildman–Crippen MR) is 105 cm³/mol. The molecule has 2 aliphatic rings. The fourth-order valence-corrected chi connectivity index (χ4v) is 3.95. The molecule has 1 amide bonds. The molecule has 1 aromatic rings. The number of piperidine rings is 2. The van der Waals surface area contributed by atoms with E-state index in [2.05, 4.69) is 53.6 Å². The Morgan fingerprint density at radius 2 is 1.96 bits per heavy atom. The van der Waals surface area contributed by atoms with Gasteiger partial charge in [0.1, 0.15) is 0 Å². The number of hydrogen-bond acceptors (Lipinski definition) is 3. The van der Waals surface area contributed by atoms with E-state index in [0.717, 1.165) is 51.9 Å². The Labute approximate surface area is 158 Å². The highest BCUT2D eigenvalue weighted by Crippen LogP contribution is 2.19. The maximum absolute atomic E-state index is 12.5. The van der Waals surface area contributed by atoms with Crippen molar-refractivity contribution in [3.63, 3.8) is 0 Å². The first-order valence-corrected chi connectivity index (χ1v) is 9.42. The summed E-state index contributed by atoms with van der Waals surface area (Å²) in [5, 5.41) is 6.73. The van der Waals surface area contributed by atoms with Gasteiger partial charge in [0.2, 0.25) is 5.91 Å². The number of carbonyl (C=O) groups is 1. The van der Waals surface area contributed by atoms with E-state index in [1.807, 2.05) is 0 Å². The summed E-state index contributed by atoms with van der Waals surface area (Å²) in [5.74, 6) is 0.479. The van der Waals surface area contributed by atoms with E-state index < -0.39 is 0 Å². The zero-order chi connectivity index (χ0) is 16.9. The molecular formula is C20H32ClN3O. The van der Waals surface area contributed by atoms with Crippen molar-refractivity contribution in [3.8, 4) is 0 Å². The minimum absolute atomic E-state index is 0. The third-order valence-corrected chi connectivity index (χ3v) is 5.58. The number of nitrogens with zero attached hydrogens (tertiary/aromatic N) is 1. The normalized spacial score (nSPS) is 25.2. The first-order chi connectivity index (χ1) is 11.6. The fourth-order valence-electron chi connectivity index (χ4n) is 3.95. The van der Waals surface area contributed by atoms with Crippen LogP contribution in [-0.4, -0.2) is 42.5 Å². The molecule has 1 aromatic carbocycles. The van der Waals surface area contributed by atoms with Gasteiger partial charge in [-0.3, -0.25) is 9.69 Å². The Balaban J connectivity index is 0.00000225. The molecule has 0 radical (unpaired) electrons. The van der Waals surface area contributed by atoms with Crippen LogP contribution in [0.2, 0.25) is 0 Å². The number of nitrogens with one attached hydrogen (secondary N) is 2. The highest BCUT2D eigenvalue weighted by atomic mass is 35.5. The van der Waals surface area contributed by atoms with Crippen LogP contribution in [0, 0.1) is 12.8 Å². The van der Waals surface area contributed by atoms with Crippen molar-refractivity contribution < 1.29 is 4.79 Å². The Morgan fingerprint density at radius 3 is 2.64 bits per heavy atom. The van der Waals surface area contributed by atoms with Crippen LogP contribution in [0.25, 0.3) is 0 Å². The Morgan fingerprint density at radius 1 is 1.24 bits per heavy atom. The quantitative estimate of drug-likeness (QED) is 0.862. The van der Waals surface area contributed by atoms with E-state index in [1.165, 1.54) is 11.1 Å². The number of amides is 1. The van der Waals surface area contributed by atoms with Gasteiger partial charge >= 0.3 is 0 Å². The molecule has 0 aromatic heterocycles. The number of rotatable bonds is 4. The molecule has 5 heteroatoms. The highest BCUT2D eigenvalue weighted by Gasteiger charge is 2.27. The molecule has 0 saturated carbocycles. The van der Waals surface area contributed by atoms with E-state index in [9.17, 15) is 4.79 Å². The van der Waals surface area contributed by atoms with Crippen molar-refractivity contribution in [1.29, 1.82) is 0 Å². The van der Waals surface area contributed by atoms with Gasteiger partial charge in [0.25, 0.3) is 0 Å². The molecule has 4 nitrogen and oxygen atoms in total. The number of benzene rings is 1. The van der Waals surface area contributed by atoms with Gasteiger partial charge < -0.3 is 10.6 Å². The second kappa shape index (κ2) is 9.56. The van der Waals surface area contributed by atoms with Gasteiger partial charge in [-0.05, 0) is 57.2 Å². The lowest BCUT2D eigenvalue weighted by Crippen LogP contribution is -2.48.